The number of carbonyl (C=O) groups excluding carboxylic acids is 2. The molecule has 9 heteroatoms. The third kappa shape index (κ3) is 5.95. The fraction of sp³-hybridized carbons (Fsp3) is 0.429. The van der Waals surface area contributed by atoms with Crippen LogP contribution in [0.2, 0.25) is 0 Å². The van der Waals surface area contributed by atoms with Crippen molar-refractivity contribution in [3.63, 3.8) is 0 Å². The highest BCUT2D eigenvalue weighted by Gasteiger charge is 2.40. The number of nitrogens with one attached hydrogen (secondary N) is 1. The van der Waals surface area contributed by atoms with Crippen LogP contribution < -0.4 is 10.1 Å². The van der Waals surface area contributed by atoms with E-state index in [2.05, 4.69) is 5.32 Å². The highest BCUT2D eigenvalue weighted by atomic mass is 35.6. The van der Waals surface area contributed by atoms with Crippen molar-refractivity contribution >= 4 is 57.5 Å². The van der Waals surface area contributed by atoms with Crippen LogP contribution >= 0.6 is 34.8 Å². The average Bonchev–Trinajstić information content (AvgIpc) is 2.42. The van der Waals surface area contributed by atoms with E-state index in [9.17, 15) is 13.8 Å². The molecule has 2 atom stereocenters. The number of hydrogen-bond donors (Lipinski definition) is 1. The van der Waals surface area contributed by atoms with Crippen molar-refractivity contribution in [2.24, 2.45) is 0 Å². The van der Waals surface area contributed by atoms with Crippen LogP contribution in [-0.4, -0.2) is 30.5 Å². The Hall–Kier alpha value is -0.820. The summed E-state index contributed by atoms with van der Waals surface area (Å²) < 4.78 is 15.3. The maximum absolute atomic E-state index is 12.4. The first-order chi connectivity index (χ1) is 10.5. The number of ether oxygens (including phenoxy) is 1. The molecule has 0 saturated carbocycles. The molecule has 0 fully saturated rings. The summed E-state index contributed by atoms with van der Waals surface area (Å²) in [6.07, 6.45) is 0. The molecule has 0 heterocycles. The predicted molar refractivity (Wildman–Crippen MR) is 92.6 cm³/mol. The fourth-order valence-corrected chi connectivity index (χ4v) is 3.62. The summed E-state index contributed by atoms with van der Waals surface area (Å²) in [5.41, 5.74) is 0.0720. The van der Waals surface area contributed by atoms with E-state index >= 15 is 0 Å². The SMILES string of the molecule is CC(=O)Oc1ccccc1C(=O)NC(S(=O)C(C)C)C(Cl)(Cl)Cl. The largest absolute Gasteiger partial charge is 0.426 e. The van der Waals surface area contributed by atoms with Gasteiger partial charge >= 0.3 is 5.97 Å². The van der Waals surface area contributed by atoms with Gasteiger partial charge in [-0.05, 0) is 12.1 Å². The second-order valence-electron chi connectivity index (χ2n) is 4.86. The van der Waals surface area contributed by atoms with E-state index < -0.39 is 31.8 Å². The Labute approximate surface area is 152 Å². The maximum atomic E-state index is 12.4. The summed E-state index contributed by atoms with van der Waals surface area (Å²) in [6, 6.07) is 6.10. The Kier molecular flexibility index (Phi) is 7.32. The molecule has 2 unspecified atom stereocenters. The minimum atomic E-state index is -1.96. The zero-order chi connectivity index (χ0) is 17.8. The molecule has 0 bridgehead atoms. The van der Waals surface area contributed by atoms with Crippen molar-refractivity contribution in [2.75, 3.05) is 0 Å². The van der Waals surface area contributed by atoms with Crippen LogP contribution in [0.5, 0.6) is 5.75 Å². The van der Waals surface area contributed by atoms with Crippen molar-refractivity contribution < 1.29 is 18.5 Å². The van der Waals surface area contributed by atoms with Gasteiger partial charge in [0.1, 0.15) is 5.75 Å². The molecule has 128 valence electrons. The van der Waals surface area contributed by atoms with E-state index in [1.165, 1.54) is 19.1 Å². The van der Waals surface area contributed by atoms with Crippen LogP contribution in [0, 0.1) is 0 Å². The van der Waals surface area contributed by atoms with Crippen molar-refractivity contribution in [1.82, 2.24) is 5.32 Å². The first kappa shape index (κ1) is 20.2. The lowest BCUT2D eigenvalue weighted by molar-refractivity contribution is -0.131. The van der Waals surface area contributed by atoms with Gasteiger partial charge < -0.3 is 10.1 Å². The summed E-state index contributed by atoms with van der Waals surface area (Å²) in [5.74, 6) is -1.17. The van der Waals surface area contributed by atoms with Gasteiger partial charge in [0.15, 0.2) is 5.37 Å². The molecule has 0 saturated heterocycles. The zero-order valence-electron chi connectivity index (χ0n) is 12.6. The third-order valence-corrected chi connectivity index (χ3v) is 5.55. The molecule has 0 aliphatic rings. The number of esters is 1. The Morgan fingerprint density at radius 3 is 2.26 bits per heavy atom. The number of alkyl halides is 3. The lowest BCUT2D eigenvalue weighted by atomic mass is 10.2. The summed E-state index contributed by atoms with van der Waals surface area (Å²) >= 11 is 17.5. The van der Waals surface area contributed by atoms with E-state index in [-0.39, 0.29) is 16.6 Å². The molecule has 1 amide bonds. The number of halogens is 3. The minimum Gasteiger partial charge on any atom is -0.426 e. The normalized spacial score (nSPS) is 14.2. The summed E-state index contributed by atoms with van der Waals surface area (Å²) in [5, 5.41) is 0.891. The average molecular weight is 401 g/mol. The molecular weight excluding hydrogens is 385 g/mol. The quantitative estimate of drug-likeness (QED) is 0.468. The van der Waals surface area contributed by atoms with E-state index in [1.807, 2.05) is 0 Å². The smallest absolute Gasteiger partial charge is 0.308 e. The molecular formula is C14H16Cl3NO4S. The lowest BCUT2D eigenvalue weighted by Gasteiger charge is -2.26. The second kappa shape index (κ2) is 8.33. The number of benzene rings is 1. The molecule has 0 aliphatic carbocycles. The number of hydrogen-bond acceptors (Lipinski definition) is 4. The first-order valence-corrected chi connectivity index (χ1v) is 8.99. The van der Waals surface area contributed by atoms with Gasteiger partial charge in [0.25, 0.3) is 5.91 Å². The highest BCUT2D eigenvalue weighted by Crippen LogP contribution is 2.33. The number of para-hydroxylation sites is 1. The highest BCUT2D eigenvalue weighted by molar-refractivity contribution is 7.86. The molecule has 1 rings (SSSR count). The van der Waals surface area contributed by atoms with Gasteiger partial charge in [-0.2, -0.15) is 0 Å². The maximum Gasteiger partial charge on any atom is 0.308 e. The van der Waals surface area contributed by atoms with Gasteiger partial charge in [-0.1, -0.05) is 60.8 Å². The van der Waals surface area contributed by atoms with Gasteiger partial charge in [0.2, 0.25) is 3.79 Å². The molecule has 5 nitrogen and oxygen atoms in total. The monoisotopic (exact) mass is 399 g/mol. The van der Waals surface area contributed by atoms with E-state index in [4.69, 9.17) is 39.5 Å². The van der Waals surface area contributed by atoms with E-state index in [0.29, 0.717) is 0 Å². The van der Waals surface area contributed by atoms with E-state index in [1.54, 1.807) is 26.0 Å². The Morgan fingerprint density at radius 2 is 1.78 bits per heavy atom. The molecule has 0 aliphatic heterocycles. The van der Waals surface area contributed by atoms with Crippen LogP contribution in [0.4, 0.5) is 0 Å². The fourth-order valence-electron chi connectivity index (χ4n) is 1.64. The Balaban J connectivity index is 3.09. The van der Waals surface area contributed by atoms with Crippen molar-refractivity contribution in [3.05, 3.63) is 29.8 Å². The molecule has 1 aromatic carbocycles. The third-order valence-electron chi connectivity index (χ3n) is 2.64. The molecule has 1 N–H and O–H groups in total. The summed E-state index contributed by atoms with van der Waals surface area (Å²) in [4.78, 5) is 23.5. The Bertz CT molecular complexity index is 616. The topological polar surface area (TPSA) is 72.5 Å². The molecule has 0 radical (unpaired) electrons. The zero-order valence-corrected chi connectivity index (χ0v) is 15.7. The van der Waals surface area contributed by atoms with Gasteiger partial charge in [0.05, 0.1) is 16.4 Å². The lowest BCUT2D eigenvalue weighted by Crippen LogP contribution is -2.48. The molecule has 0 spiro atoms. The van der Waals surface area contributed by atoms with Crippen LogP contribution in [-0.2, 0) is 15.6 Å². The van der Waals surface area contributed by atoms with E-state index in [0.717, 1.165) is 0 Å². The summed E-state index contributed by atoms with van der Waals surface area (Å²) in [7, 11) is -1.63. The van der Waals surface area contributed by atoms with Gasteiger partial charge in [0, 0.05) is 12.2 Å². The van der Waals surface area contributed by atoms with Crippen LogP contribution in [0.1, 0.15) is 31.1 Å². The van der Waals surface area contributed by atoms with Crippen LogP contribution in [0.15, 0.2) is 24.3 Å². The summed E-state index contributed by atoms with van der Waals surface area (Å²) in [6.45, 7) is 4.57. The van der Waals surface area contributed by atoms with Crippen molar-refractivity contribution in [1.29, 1.82) is 0 Å². The molecule has 1 aromatic rings. The first-order valence-electron chi connectivity index (χ1n) is 6.58. The second-order valence-corrected chi connectivity index (χ2v) is 9.30. The number of carbonyl (C=O) groups is 2. The van der Waals surface area contributed by atoms with Crippen molar-refractivity contribution in [3.8, 4) is 5.75 Å². The van der Waals surface area contributed by atoms with Crippen LogP contribution in [0.3, 0.4) is 0 Å². The minimum absolute atomic E-state index is 0.0656. The standard InChI is InChI=1S/C14H16Cl3NO4S/c1-8(2)23(21)13(14(15,16)17)18-12(20)10-6-4-5-7-11(10)22-9(3)19/h4-8,13H,1-3H3,(H,18,20). The number of rotatable bonds is 5. The van der Waals surface area contributed by atoms with Gasteiger partial charge in [-0.25, -0.2) is 0 Å². The Morgan fingerprint density at radius 1 is 1.22 bits per heavy atom. The molecule has 0 aromatic heterocycles. The predicted octanol–water partition coefficient (Wildman–Crippen LogP) is 3.20. The number of amides is 1. The molecule has 23 heavy (non-hydrogen) atoms. The van der Waals surface area contributed by atoms with Gasteiger partial charge in [-0.15, -0.1) is 0 Å². The van der Waals surface area contributed by atoms with Crippen LogP contribution in [0.25, 0.3) is 0 Å². The van der Waals surface area contributed by atoms with Crippen molar-refractivity contribution in [2.45, 2.75) is 35.2 Å². The van der Waals surface area contributed by atoms with Gasteiger partial charge in [-0.3, -0.25) is 13.8 Å².